The van der Waals surface area contributed by atoms with Gasteiger partial charge in [-0.05, 0) is 92.7 Å². The Labute approximate surface area is 215 Å². The van der Waals surface area contributed by atoms with Crippen LogP contribution in [0.15, 0.2) is 48.7 Å². The molecule has 5 heteroatoms. The number of fused-ring (bicyclic) bond motifs is 2. The molecule has 2 heterocycles. The van der Waals surface area contributed by atoms with Crippen LogP contribution in [-0.4, -0.2) is 23.6 Å². The molecule has 2 aliphatic carbocycles. The van der Waals surface area contributed by atoms with Crippen LogP contribution in [0, 0.1) is 54.2 Å². The van der Waals surface area contributed by atoms with Gasteiger partial charge in [0.1, 0.15) is 11.9 Å². The number of nitrogens with two attached hydrogens (primary N) is 1. The minimum atomic E-state index is -0.250. The SMILES string of the molecule is C#C.CC.CC1OC(=O)C2CC3C[C@H](CN)CCC3C(/C=C/c3ccc(-c4cccc(F)c4)cn3)C12. The third kappa shape index (κ3) is 5.87. The first-order valence-corrected chi connectivity index (χ1v) is 13.2. The monoisotopic (exact) mass is 490 g/mol. The van der Waals surface area contributed by atoms with Crippen molar-refractivity contribution in [1.82, 2.24) is 4.98 Å². The largest absolute Gasteiger partial charge is 0.462 e. The summed E-state index contributed by atoms with van der Waals surface area (Å²) >= 11 is 0. The lowest BCUT2D eigenvalue weighted by Gasteiger charge is -2.47. The van der Waals surface area contributed by atoms with E-state index in [-0.39, 0.29) is 29.7 Å². The summed E-state index contributed by atoms with van der Waals surface area (Å²) in [7, 11) is 0. The Morgan fingerprint density at radius 3 is 2.58 bits per heavy atom. The van der Waals surface area contributed by atoms with Crippen molar-refractivity contribution in [3.8, 4) is 24.0 Å². The summed E-state index contributed by atoms with van der Waals surface area (Å²) in [6.45, 7) is 6.78. The molecule has 0 spiro atoms. The molecule has 2 aromatic rings. The molecule has 1 aromatic carbocycles. The first-order chi connectivity index (χ1) is 17.5. The van der Waals surface area contributed by atoms with Crippen molar-refractivity contribution in [2.24, 2.45) is 41.2 Å². The van der Waals surface area contributed by atoms with E-state index in [9.17, 15) is 9.18 Å². The highest BCUT2D eigenvalue weighted by Crippen LogP contribution is 2.54. The van der Waals surface area contributed by atoms with Gasteiger partial charge in [0.25, 0.3) is 0 Å². The number of benzene rings is 1. The van der Waals surface area contributed by atoms with E-state index in [1.807, 2.05) is 39.0 Å². The van der Waals surface area contributed by atoms with Crippen LogP contribution in [-0.2, 0) is 9.53 Å². The number of carbonyl (C=O) groups excluding carboxylic acids is 1. The number of carbonyl (C=O) groups is 1. The zero-order valence-electron chi connectivity index (χ0n) is 21.6. The lowest BCUT2D eigenvalue weighted by molar-refractivity contribution is -0.144. The van der Waals surface area contributed by atoms with Crippen LogP contribution in [0.5, 0.6) is 0 Å². The number of allylic oxidation sites excluding steroid dienone is 1. The van der Waals surface area contributed by atoms with Crippen LogP contribution in [0.3, 0.4) is 0 Å². The van der Waals surface area contributed by atoms with E-state index in [4.69, 9.17) is 10.5 Å². The number of terminal acetylenes is 1. The predicted octanol–water partition coefficient (Wildman–Crippen LogP) is 6.37. The van der Waals surface area contributed by atoms with Gasteiger partial charge >= 0.3 is 5.97 Å². The zero-order valence-corrected chi connectivity index (χ0v) is 21.6. The van der Waals surface area contributed by atoms with Crippen molar-refractivity contribution in [3.05, 3.63) is 60.2 Å². The number of hydrogen-bond acceptors (Lipinski definition) is 4. The van der Waals surface area contributed by atoms with Gasteiger partial charge in [-0.3, -0.25) is 9.78 Å². The maximum Gasteiger partial charge on any atom is 0.309 e. The normalized spacial score (nSPS) is 30.6. The smallest absolute Gasteiger partial charge is 0.309 e. The van der Waals surface area contributed by atoms with Crippen LogP contribution in [0.1, 0.15) is 52.1 Å². The molecule has 1 aromatic heterocycles. The van der Waals surface area contributed by atoms with Crippen molar-refractivity contribution >= 4 is 12.0 Å². The molecule has 2 saturated carbocycles. The third-order valence-corrected chi connectivity index (χ3v) is 8.02. The van der Waals surface area contributed by atoms with E-state index >= 15 is 0 Å². The van der Waals surface area contributed by atoms with Gasteiger partial charge in [-0.25, -0.2) is 4.39 Å². The summed E-state index contributed by atoms with van der Waals surface area (Å²) in [6, 6.07) is 10.5. The van der Waals surface area contributed by atoms with Crippen molar-refractivity contribution < 1.29 is 13.9 Å². The number of esters is 1. The van der Waals surface area contributed by atoms with Crippen molar-refractivity contribution in [2.45, 2.75) is 52.6 Å². The van der Waals surface area contributed by atoms with Crippen LogP contribution < -0.4 is 5.73 Å². The van der Waals surface area contributed by atoms with E-state index in [1.165, 1.54) is 18.6 Å². The van der Waals surface area contributed by atoms with Crippen LogP contribution >= 0.6 is 0 Å². The van der Waals surface area contributed by atoms with E-state index in [2.05, 4.69) is 30.0 Å². The zero-order chi connectivity index (χ0) is 26.2. The molecule has 6 unspecified atom stereocenters. The molecule has 1 aliphatic heterocycles. The fourth-order valence-corrected chi connectivity index (χ4v) is 6.48. The molecule has 3 aliphatic rings. The standard InChI is InChI=1S/C27H31FN2O2.C2H6.C2H2/c1-16-26-24(23-9-5-17(14-29)11-20(23)13-25(26)27(31)32-16)10-8-22-7-6-19(15-30-22)18-3-2-4-21(28)12-18;2*1-2/h2-4,6-8,10,12,15-17,20,23-26H,5,9,11,13-14,29H2,1H3;1-2H3;1-2H/b10-8+;;/t16?,17-,20?,23?,24?,25?,26?;;/m1../s1. The van der Waals surface area contributed by atoms with Gasteiger partial charge in [-0.2, -0.15) is 0 Å². The minimum Gasteiger partial charge on any atom is -0.462 e. The van der Waals surface area contributed by atoms with E-state index < -0.39 is 0 Å². The van der Waals surface area contributed by atoms with Gasteiger partial charge < -0.3 is 10.5 Å². The Balaban J connectivity index is 0.000000861. The van der Waals surface area contributed by atoms with E-state index in [0.29, 0.717) is 23.7 Å². The number of aromatic nitrogens is 1. The summed E-state index contributed by atoms with van der Waals surface area (Å²) in [5.74, 6) is 1.95. The molecule has 7 atom stereocenters. The van der Waals surface area contributed by atoms with E-state index in [1.54, 1.807) is 12.3 Å². The average Bonchev–Trinajstić information content (AvgIpc) is 3.21. The number of rotatable bonds is 4. The molecule has 0 amide bonds. The maximum atomic E-state index is 13.5. The second-order valence-corrected chi connectivity index (χ2v) is 9.82. The van der Waals surface area contributed by atoms with E-state index in [0.717, 1.165) is 42.6 Å². The topological polar surface area (TPSA) is 65.2 Å². The number of hydrogen-bond donors (Lipinski definition) is 1. The Kier molecular flexibility index (Phi) is 9.84. The molecular formula is C31H39FN2O2. The van der Waals surface area contributed by atoms with Gasteiger partial charge in [-0.15, -0.1) is 12.8 Å². The third-order valence-electron chi connectivity index (χ3n) is 8.02. The van der Waals surface area contributed by atoms with Gasteiger partial charge in [0.05, 0.1) is 11.6 Å². The predicted molar refractivity (Wildman–Crippen MR) is 144 cm³/mol. The van der Waals surface area contributed by atoms with Gasteiger partial charge in [0, 0.05) is 17.7 Å². The average molecular weight is 491 g/mol. The van der Waals surface area contributed by atoms with Crippen LogP contribution in [0.2, 0.25) is 0 Å². The van der Waals surface area contributed by atoms with Gasteiger partial charge in [-0.1, -0.05) is 38.1 Å². The van der Waals surface area contributed by atoms with Gasteiger partial charge in [0.2, 0.25) is 0 Å². The van der Waals surface area contributed by atoms with Crippen LogP contribution in [0.4, 0.5) is 4.39 Å². The Bertz CT molecular complexity index is 1050. The second-order valence-electron chi connectivity index (χ2n) is 9.82. The summed E-state index contributed by atoms with van der Waals surface area (Å²) in [4.78, 5) is 17.1. The molecule has 4 nitrogen and oxygen atoms in total. The van der Waals surface area contributed by atoms with Gasteiger partial charge in [0.15, 0.2) is 0 Å². The first kappa shape index (κ1) is 27.6. The number of ether oxygens (including phenoxy) is 1. The Hall–Kier alpha value is -2.97. The summed E-state index contributed by atoms with van der Waals surface area (Å²) in [6.07, 6.45) is 18.5. The molecule has 36 heavy (non-hydrogen) atoms. The molecule has 3 fully saturated rings. The van der Waals surface area contributed by atoms with Crippen molar-refractivity contribution in [3.63, 3.8) is 0 Å². The number of pyridine rings is 1. The lowest BCUT2D eigenvalue weighted by atomic mass is 9.56. The fourth-order valence-electron chi connectivity index (χ4n) is 6.48. The molecule has 1 saturated heterocycles. The van der Waals surface area contributed by atoms with Crippen molar-refractivity contribution in [1.29, 1.82) is 0 Å². The Morgan fingerprint density at radius 2 is 1.92 bits per heavy atom. The highest BCUT2D eigenvalue weighted by Gasteiger charge is 2.54. The second kappa shape index (κ2) is 12.8. The highest BCUT2D eigenvalue weighted by molar-refractivity contribution is 5.75. The number of nitrogens with zero attached hydrogens (tertiary/aromatic N) is 1. The quantitative estimate of drug-likeness (QED) is 0.400. The summed E-state index contributed by atoms with van der Waals surface area (Å²) < 4.78 is 19.2. The molecule has 192 valence electrons. The van der Waals surface area contributed by atoms with Crippen molar-refractivity contribution in [2.75, 3.05) is 6.54 Å². The number of cyclic esters (lactones) is 1. The number of halogens is 1. The van der Waals surface area contributed by atoms with Crippen LogP contribution in [0.25, 0.3) is 17.2 Å². The molecule has 5 rings (SSSR count). The molecule has 0 bridgehead atoms. The Morgan fingerprint density at radius 1 is 1.14 bits per heavy atom. The maximum absolute atomic E-state index is 13.5. The summed E-state index contributed by atoms with van der Waals surface area (Å²) in [5.41, 5.74) is 8.56. The molecular weight excluding hydrogens is 451 g/mol. The lowest BCUT2D eigenvalue weighted by Crippen LogP contribution is -2.44. The summed E-state index contributed by atoms with van der Waals surface area (Å²) in [5, 5.41) is 0. The molecule has 2 N–H and O–H groups in total. The minimum absolute atomic E-state index is 0.000682. The first-order valence-electron chi connectivity index (χ1n) is 13.2. The fraction of sp³-hybridized carbons (Fsp3) is 0.484. The molecule has 0 radical (unpaired) electrons. The highest BCUT2D eigenvalue weighted by atomic mass is 19.1.